The standard InChI is InChI=1S/C14H17F3N2O4/c1-8(13(20)21)6-19(2)14(22)18-10-4-3-9(15)5-11(10)23-7-12(16)17/h3-5,8,12H,6-7H2,1-2H3,(H,18,22)(H,20,21). The number of hydrogen-bond donors (Lipinski definition) is 2. The number of hydrogen-bond acceptors (Lipinski definition) is 3. The number of alkyl halides is 2. The minimum atomic E-state index is -2.75. The molecule has 1 unspecified atom stereocenters. The van der Waals surface area contributed by atoms with Gasteiger partial charge in [0.1, 0.15) is 18.2 Å². The average molecular weight is 334 g/mol. The molecular formula is C14H17F3N2O4. The van der Waals surface area contributed by atoms with Crippen molar-refractivity contribution >= 4 is 17.7 Å². The molecule has 0 saturated heterocycles. The zero-order valence-electron chi connectivity index (χ0n) is 12.6. The van der Waals surface area contributed by atoms with Crippen molar-refractivity contribution in [2.24, 2.45) is 5.92 Å². The van der Waals surface area contributed by atoms with Gasteiger partial charge in [-0.05, 0) is 12.1 Å². The minimum absolute atomic E-state index is 0.00637. The zero-order chi connectivity index (χ0) is 17.6. The molecule has 9 heteroatoms. The van der Waals surface area contributed by atoms with E-state index in [1.807, 2.05) is 0 Å². The van der Waals surface area contributed by atoms with Crippen LogP contribution in [0.5, 0.6) is 5.75 Å². The molecule has 0 saturated carbocycles. The molecule has 0 radical (unpaired) electrons. The summed E-state index contributed by atoms with van der Waals surface area (Å²) in [4.78, 5) is 23.8. The Kier molecular flexibility index (Phi) is 6.67. The van der Waals surface area contributed by atoms with Crippen LogP contribution in [0.3, 0.4) is 0 Å². The summed E-state index contributed by atoms with van der Waals surface area (Å²) in [6, 6.07) is 2.40. The zero-order valence-corrected chi connectivity index (χ0v) is 12.6. The summed E-state index contributed by atoms with van der Waals surface area (Å²) in [7, 11) is 1.37. The number of amides is 2. The van der Waals surface area contributed by atoms with Crippen molar-refractivity contribution in [1.29, 1.82) is 0 Å². The van der Waals surface area contributed by atoms with Crippen molar-refractivity contribution in [3.8, 4) is 5.75 Å². The third-order valence-electron chi connectivity index (χ3n) is 2.87. The first kappa shape index (κ1) is 18.6. The van der Waals surface area contributed by atoms with E-state index in [0.29, 0.717) is 0 Å². The summed E-state index contributed by atoms with van der Waals surface area (Å²) < 4.78 is 42.3. The normalized spacial score (nSPS) is 11.9. The van der Waals surface area contributed by atoms with E-state index in [4.69, 9.17) is 9.84 Å². The lowest BCUT2D eigenvalue weighted by atomic mass is 10.2. The quantitative estimate of drug-likeness (QED) is 0.803. The highest BCUT2D eigenvalue weighted by Gasteiger charge is 2.19. The Balaban J connectivity index is 2.78. The Hall–Kier alpha value is -2.45. The topological polar surface area (TPSA) is 78.9 Å². The van der Waals surface area contributed by atoms with Gasteiger partial charge in [0.25, 0.3) is 6.43 Å². The van der Waals surface area contributed by atoms with Gasteiger partial charge in [0, 0.05) is 19.7 Å². The molecule has 2 amide bonds. The summed E-state index contributed by atoms with van der Waals surface area (Å²) in [6.07, 6.45) is -2.75. The fourth-order valence-corrected chi connectivity index (χ4v) is 1.65. The molecule has 6 nitrogen and oxygen atoms in total. The number of ether oxygens (including phenoxy) is 1. The lowest BCUT2D eigenvalue weighted by molar-refractivity contribution is -0.141. The van der Waals surface area contributed by atoms with E-state index in [1.54, 1.807) is 0 Å². The largest absolute Gasteiger partial charge is 0.485 e. The van der Waals surface area contributed by atoms with Crippen LogP contribution in [-0.4, -0.2) is 48.6 Å². The number of carbonyl (C=O) groups excluding carboxylic acids is 1. The van der Waals surface area contributed by atoms with Crippen LogP contribution in [0.2, 0.25) is 0 Å². The Morgan fingerprint density at radius 2 is 2.04 bits per heavy atom. The molecule has 2 N–H and O–H groups in total. The lowest BCUT2D eigenvalue weighted by Crippen LogP contribution is -2.36. The van der Waals surface area contributed by atoms with Gasteiger partial charge in [-0.25, -0.2) is 18.0 Å². The Morgan fingerprint density at radius 3 is 2.61 bits per heavy atom. The lowest BCUT2D eigenvalue weighted by Gasteiger charge is -2.21. The number of halogens is 3. The second kappa shape index (κ2) is 8.25. The molecule has 1 aromatic carbocycles. The maximum atomic E-state index is 13.2. The van der Waals surface area contributed by atoms with Crippen molar-refractivity contribution in [3.63, 3.8) is 0 Å². The van der Waals surface area contributed by atoms with E-state index in [0.717, 1.165) is 17.0 Å². The number of anilines is 1. The molecular weight excluding hydrogens is 317 g/mol. The number of urea groups is 1. The number of carbonyl (C=O) groups is 2. The van der Waals surface area contributed by atoms with E-state index >= 15 is 0 Å². The van der Waals surface area contributed by atoms with Crippen molar-refractivity contribution in [3.05, 3.63) is 24.0 Å². The molecule has 0 bridgehead atoms. The molecule has 0 aliphatic rings. The Labute approximate surface area is 130 Å². The smallest absolute Gasteiger partial charge is 0.321 e. The van der Waals surface area contributed by atoms with Gasteiger partial charge in [0.05, 0.1) is 11.6 Å². The maximum Gasteiger partial charge on any atom is 0.321 e. The number of benzene rings is 1. The molecule has 0 aromatic heterocycles. The van der Waals surface area contributed by atoms with E-state index < -0.39 is 36.8 Å². The van der Waals surface area contributed by atoms with Gasteiger partial charge < -0.3 is 20.1 Å². The molecule has 0 heterocycles. The van der Waals surface area contributed by atoms with Gasteiger partial charge in [-0.1, -0.05) is 6.92 Å². The number of carboxylic acids is 1. The first-order valence-corrected chi connectivity index (χ1v) is 6.66. The van der Waals surface area contributed by atoms with E-state index in [2.05, 4.69) is 5.32 Å². The summed E-state index contributed by atoms with van der Waals surface area (Å²) in [5, 5.41) is 11.2. The van der Waals surface area contributed by atoms with Crippen LogP contribution >= 0.6 is 0 Å². The van der Waals surface area contributed by atoms with Gasteiger partial charge in [-0.15, -0.1) is 0 Å². The number of carboxylic acid groups (broad SMARTS) is 1. The molecule has 1 aromatic rings. The fraction of sp³-hybridized carbons (Fsp3) is 0.429. The average Bonchev–Trinajstić information content (AvgIpc) is 2.46. The van der Waals surface area contributed by atoms with Gasteiger partial charge in [-0.2, -0.15) is 0 Å². The first-order valence-electron chi connectivity index (χ1n) is 6.66. The second-order valence-corrected chi connectivity index (χ2v) is 4.89. The number of aliphatic carboxylic acids is 1. The summed E-state index contributed by atoms with van der Waals surface area (Å²) >= 11 is 0. The first-order chi connectivity index (χ1) is 10.7. The number of nitrogens with zero attached hydrogens (tertiary/aromatic N) is 1. The van der Waals surface area contributed by atoms with Crippen molar-refractivity contribution < 1.29 is 32.6 Å². The van der Waals surface area contributed by atoms with E-state index in [-0.39, 0.29) is 18.0 Å². The molecule has 128 valence electrons. The predicted octanol–water partition coefficient (Wildman–Crippen LogP) is 2.65. The Bertz CT molecular complexity index is 569. The van der Waals surface area contributed by atoms with E-state index in [1.165, 1.54) is 20.0 Å². The molecule has 0 aliphatic carbocycles. The van der Waals surface area contributed by atoms with Crippen molar-refractivity contribution in [1.82, 2.24) is 4.90 Å². The summed E-state index contributed by atoms with van der Waals surface area (Å²) in [5.41, 5.74) is 0.00637. The van der Waals surface area contributed by atoms with Crippen molar-refractivity contribution in [2.45, 2.75) is 13.3 Å². The van der Waals surface area contributed by atoms with Gasteiger partial charge >= 0.3 is 12.0 Å². The number of nitrogens with one attached hydrogen (secondary N) is 1. The van der Waals surface area contributed by atoms with E-state index in [9.17, 15) is 22.8 Å². The molecule has 1 atom stereocenters. The highest BCUT2D eigenvalue weighted by atomic mass is 19.3. The van der Waals surface area contributed by atoms with Crippen molar-refractivity contribution in [2.75, 3.05) is 25.5 Å². The molecule has 23 heavy (non-hydrogen) atoms. The summed E-state index contributed by atoms with van der Waals surface area (Å²) in [6.45, 7) is 0.426. The van der Waals surface area contributed by atoms with Crippen LogP contribution < -0.4 is 10.1 Å². The van der Waals surface area contributed by atoms with Crippen LogP contribution in [0, 0.1) is 11.7 Å². The molecule has 0 fully saturated rings. The third kappa shape index (κ3) is 6.05. The minimum Gasteiger partial charge on any atom is -0.485 e. The highest BCUT2D eigenvalue weighted by Crippen LogP contribution is 2.26. The summed E-state index contributed by atoms with van der Waals surface area (Å²) in [5.74, 6) is -2.79. The SMILES string of the molecule is CC(CN(C)C(=O)Nc1ccc(F)cc1OCC(F)F)C(=O)O. The van der Waals surface area contributed by atoms with Gasteiger partial charge in [0.15, 0.2) is 0 Å². The third-order valence-corrected chi connectivity index (χ3v) is 2.87. The van der Waals surface area contributed by atoms with Crippen LogP contribution in [0.15, 0.2) is 18.2 Å². The Morgan fingerprint density at radius 1 is 1.39 bits per heavy atom. The maximum absolute atomic E-state index is 13.2. The number of rotatable bonds is 7. The van der Waals surface area contributed by atoms with Gasteiger partial charge in [0.2, 0.25) is 0 Å². The highest BCUT2D eigenvalue weighted by molar-refractivity contribution is 5.91. The molecule has 0 spiro atoms. The van der Waals surface area contributed by atoms with Crippen LogP contribution in [0.25, 0.3) is 0 Å². The van der Waals surface area contributed by atoms with Crippen LogP contribution in [0.1, 0.15) is 6.92 Å². The monoisotopic (exact) mass is 334 g/mol. The van der Waals surface area contributed by atoms with Gasteiger partial charge in [-0.3, -0.25) is 4.79 Å². The predicted molar refractivity (Wildman–Crippen MR) is 76.3 cm³/mol. The van der Waals surface area contributed by atoms with Crippen LogP contribution in [-0.2, 0) is 4.79 Å². The van der Waals surface area contributed by atoms with Crippen LogP contribution in [0.4, 0.5) is 23.7 Å². The molecule has 1 rings (SSSR count). The fourth-order valence-electron chi connectivity index (χ4n) is 1.65. The second-order valence-electron chi connectivity index (χ2n) is 4.89. The molecule has 0 aliphatic heterocycles.